The van der Waals surface area contributed by atoms with Crippen molar-refractivity contribution in [3.8, 4) is 0 Å². The number of likely N-dealkylation sites (tertiary alicyclic amines) is 1. The summed E-state index contributed by atoms with van der Waals surface area (Å²) in [6.45, 7) is 3.73. The molecule has 0 aliphatic carbocycles. The van der Waals surface area contributed by atoms with Crippen molar-refractivity contribution in [2.45, 2.75) is 19.3 Å². The molecule has 1 saturated heterocycles. The minimum Gasteiger partial charge on any atom is -0.345 e. The predicted molar refractivity (Wildman–Crippen MR) is 104 cm³/mol. The zero-order valence-electron chi connectivity index (χ0n) is 15.2. The van der Waals surface area contributed by atoms with Gasteiger partial charge in [0.05, 0.1) is 23.4 Å². The third-order valence-electron chi connectivity index (χ3n) is 5.69. The largest absolute Gasteiger partial charge is 0.345 e. The van der Waals surface area contributed by atoms with Gasteiger partial charge in [-0.2, -0.15) is 0 Å². The Kier molecular flexibility index (Phi) is 3.70. The first-order valence-electron chi connectivity index (χ1n) is 9.36. The molecule has 1 fully saturated rings. The van der Waals surface area contributed by atoms with E-state index in [2.05, 4.69) is 21.3 Å². The molecule has 2 atom stereocenters. The van der Waals surface area contributed by atoms with Crippen molar-refractivity contribution < 1.29 is 4.79 Å². The monoisotopic (exact) mass is 359 g/mol. The standard InChI is InChI=1S/C21H21N5O/c1-14-8-10-25(21(27)15-5-3-2-4-6-15)13-17(14)20-24-12-16-11-23-19-18(26(16)20)7-9-22-19/h2-7,9,11-12,14,17,22H,8,10,13H2,1H3. The summed E-state index contributed by atoms with van der Waals surface area (Å²) >= 11 is 0. The number of aromatic amines is 1. The van der Waals surface area contributed by atoms with Gasteiger partial charge in [0.2, 0.25) is 0 Å². The van der Waals surface area contributed by atoms with Crippen LogP contribution in [0.4, 0.5) is 0 Å². The molecule has 1 amide bonds. The molecule has 2 unspecified atom stereocenters. The maximum absolute atomic E-state index is 12.9. The number of hydrogen-bond donors (Lipinski definition) is 1. The molecule has 4 heterocycles. The van der Waals surface area contributed by atoms with E-state index in [0.717, 1.165) is 41.0 Å². The third-order valence-corrected chi connectivity index (χ3v) is 5.69. The van der Waals surface area contributed by atoms with E-state index in [4.69, 9.17) is 4.98 Å². The fraction of sp³-hybridized carbons (Fsp3) is 0.286. The van der Waals surface area contributed by atoms with Crippen LogP contribution < -0.4 is 0 Å². The van der Waals surface area contributed by atoms with Gasteiger partial charge in [-0.15, -0.1) is 0 Å². The number of rotatable bonds is 2. The van der Waals surface area contributed by atoms with Crippen molar-refractivity contribution in [1.82, 2.24) is 24.3 Å². The predicted octanol–water partition coefficient (Wildman–Crippen LogP) is 3.48. The second-order valence-electron chi connectivity index (χ2n) is 7.34. The summed E-state index contributed by atoms with van der Waals surface area (Å²) in [5.41, 5.74) is 3.60. The number of carbonyl (C=O) groups excluding carboxylic acids is 1. The quantitative estimate of drug-likeness (QED) is 0.596. The van der Waals surface area contributed by atoms with E-state index in [1.807, 2.05) is 59.9 Å². The van der Waals surface area contributed by atoms with Crippen LogP contribution in [0.15, 0.2) is 55.0 Å². The number of nitrogens with one attached hydrogen (secondary N) is 1. The van der Waals surface area contributed by atoms with Gasteiger partial charge >= 0.3 is 0 Å². The minimum absolute atomic E-state index is 0.0989. The molecule has 1 aliphatic heterocycles. The summed E-state index contributed by atoms with van der Waals surface area (Å²) in [7, 11) is 0. The lowest BCUT2D eigenvalue weighted by Crippen LogP contribution is -2.42. The molecule has 0 spiro atoms. The molecule has 0 radical (unpaired) electrons. The van der Waals surface area contributed by atoms with Crippen LogP contribution in [-0.2, 0) is 0 Å². The van der Waals surface area contributed by atoms with Crippen molar-refractivity contribution >= 4 is 22.6 Å². The van der Waals surface area contributed by atoms with Gasteiger partial charge in [0, 0.05) is 30.8 Å². The molecule has 136 valence electrons. The number of fused-ring (bicyclic) bond motifs is 3. The molecule has 0 bridgehead atoms. The Balaban J connectivity index is 1.53. The van der Waals surface area contributed by atoms with Crippen LogP contribution in [-0.4, -0.2) is 43.2 Å². The van der Waals surface area contributed by atoms with Crippen LogP contribution >= 0.6 is 0 Å². The van der Waals surface area contributed by atoms with E-state index in [0.29, 0.717) is 12.5 Å². The molecule has 27 heavy (non-hydrogen) atoms. The maximum atomic E-state index is 12.9. The molecule has 1 N–H and O–H groups in total. The summed E-state index contributed by atoms with van der Waals surface area (Å²) in [5.74, 6) is 1.75. The second-order valence-corrected chi connectivity index (χ2v) is 7.34. The number of H-pyrrole nitrogens is 1. The molecular weight excluding hydrogens is 338 g/mol. The highest BCUT2D eigenvalue weighted by atomic mass is 16.2. The van der Waals surface area contributed by atoms with Gasteiger partial charge in [-0.3, -0.25) is 9.20 Å². The van der Waals surface area contributed by atoms with Crippen LogP contribution in [0.5, 0.6) is 0 Å². The first kappa shape index (κ1) is 16.1. The van der Waals surface area contributed by atoms with E-state index in [-0.39, 0.29) is 11.8 Å². The van der Waals surface area contributed by atoms with Crippen molar-refractivity contribution in [2.75, 3.05) is 13.1 Å². The number of aromatic nitrogens is 4. The Morgan fingerprint density at radius 2 is 1.96 bits per heavy atom. The van der Waals surface area contributed by atoms with Gasteiger partial charge in [0.1, 0.15) is 5.82 Å². The Labute approximate surface area is 156 Å². The van der Waals surface area contributed by atoms with Crippen LogP contribution in [0.3, 0.4) is 0 Å². The van der Waals surface area contributed by atoms with Crippen LogP contribution in [0.25, 0.3) is 16.7 Å². The summed E-state index contributed by atoms with van der Waals surface area (Å²) in [4.78, 5) is 27.3. The Bertz CT molecular complexity index is 1110. The zero-order valence-corrected chi connectivity index (χ0v) is 15.2. The number of amides is 1. The van der Waals surface area contributed by atoms with E-state index in [9.17, 15) is 4.79 Å². The van der Waals surface area contributed by atoms with Gasteiger partial charge in [0.25, 0.3) is 5.91 Å². The Morgan fingerprint density at radius 1 is 1.15 bits per heavy atom. The fourth-order valence-corrected chi connectivity index (χ4v) is 4.12. The van der Waals surface area contributed by atoms with E-state index >= 15 is 0 Å². The summed E-state index contributed by atoms with van der Waals surface area (Å²) in [6.07, 6.45) is 6.59. The molecular formula is C21H21N5O. The number of hydrogen-bond acceptors (Lipinski definition) is 3. The average molecular weight is 359 g/mol. The van der Waals surface area contributed by atoms with Gasteiger partial charge in [-0.25, -0.2) is 9.97 Å². The van der Waals surface area contributed by atoms with Crippen molar-refractivity contribution in [3.05, 3.63) is 66.4 Å². The molecule has 6 nitrogen and oxygen atoms in total. The number of imidazole rings is 1. The van der Waals surface area contributed by atoms with Crippen molar-refractivity contribution in [2.24, 2.45) is 5.92 Å². The fourth-order valence-electron chi connectivity index (χ4n) is 4.12. The SMILES string of the molecule is CC1CCN(C(=O)c2ccccc2)CC1c1ncc2cnc3[nH]ccc3n12. The lowest BCUT2D eigenvalue weighted by atomic mass is 9.86. The Morgan fingerprint density at radius 3 is 2.81 bits per heavy atom. The van der Waals surface area contributed by atoms with Gasteiger partial charge in [0.15, 0.2) is 5.65 Å². The normalized spacial score (nSPS) is 20.4. The van der Waals surface area contributed by atoms with Crippen LogP contribution in [0, 0.1) is 5.92 Å². The molecule has 0 saturated carbocycles. The second kappa shape index (κ2) is 6.23. The molecule has 4 aromatic rings. The molecule has 1 aromatic carbocycles. The minimum atomic E-state index is 0.0989. The Hall–Kier alpha value is -3.15. The topological polar surface area (TPSA) is 66.3 Å². The first-order chi connectivity index (χ1) is 13.2. The number of carbonyl (C=O) groups is 1. The van der Waals surface area contributed by atoms with Crippen molar-refractivity contribution in [3.63, 3.8) is 0 Å². The maximum Gasteiger partial charge on any atom is 0.253 e. The lowest BCUT2D eigenvalue weighted by Gasteiger charge is -2.36. The van der Waals surface area contributed by atoms with E-state index < -0.39 is 0 Å². The molecule has 6 heteroatoms. The highest BCUT2D eigenvalue weighted by Gasteiger charge is 2.33. The summed E-state index contributed by atoms with van der Waals surface area (Å²) < 4.78 is 2.18. The summed E-state index contributed by atoms with van der Waals surface area (Å²) in [5, 5.41) is 0. The van der Waals surface area contributed by atoms with E-state index in [1.165, 1.54) is 0 Å². The van der Waals surface area contributed by atoms with Gasteiger partial charge in [-0.05, 0) is 30.5 Å². The zero-order chi connectivity index (χ0) is 18.4. The van der Waals surface area contributed by atoms with E-state index in [1.54, 1.807) is 0 Å². The smallest absolute Gasteiger partial charge is 0.253 e. The average Bonchev–Trinajstić information content (AvgIpc) is 3.35. The number of nitrogens with zero attached hydrogens (tertiary/aromatic N) is 4. The number of benzene rings is 1. The molecule has 3 aromatic heterocycles. The summed E-state index contributed by atoms with van der Waals surface area (Å²) in [6, 6.07) is 11.6. The first-order valence-corrected chi connectivity index (χ1v) is 9.36. The van der Waals surface area contributed by atoms with Gasteiger partial charge in [-0.1, -0.05) is 25.1 Å². The lowest BCUT2D eigenvalue weighted by molar-refractivity contribution is 0.0665. The number of piperidine rings is 1. The van der Waals surface area contributed by atoms with Gasteiger partial charge < -0.3 is 9.88 Å². The highest BCUT2D eigenvalue weighted by Crippen LogP contribution is 2.33. The molecule has 5 rings (SSSR count). The van der Waals surface area contributed by atoms with Crippen LogP contribution in [0.2, 0.25) is 0 Å². The third kappa shape index (κ3) is 2.60. The van der Waals surface area contributed by atoms with Crippen LogP contribution in [0.1, 0.15) is 35.4 Å². The van der Waals surface area contributed by atoms with Crippen molar-refractivity contribution in [1.29, 1.82) is 0 Å². The molecule has 1 aliphatic rings. The highest BCUT2D eigenvalue weighted by molar-refractivity contribution is 5.94.